The summed E-state index contributed by atoms with van der Waals surface area (Å²) < 4.78 is 39.9. The summed E-state index contributed by atoms with van der Waals surface area (Å²) in [5, 5.41) is 20.6. The zero-order valence-electron chi connectivity index (χ0n) is 38.5. The Hall–Kier alpha value is -3.82. The molecule has 1 aliphatic heterocycles. The van der Waals surface area contributed by atoms with Crippen molar-refractivity contribution in [2.75, 3.05) is 33.0 Å². The summed E-state index contributed by atoms with van der Waals surface area (Å²) >= 11 is 0. The van der Waals surface area contributed by atoms with Gasteiger partial charge in [0.15, 0.2) is 6.29 Å². The van der Waals surface area contributed by atoms with Crippen LogP contribution in [0.2, 0.25) is 0 Å². The molecule has 7 nitrogen and oxygen atoms in total. The summed E-state index contributed by atoms with van der Waals surface area (Å²) in [6.07, 6.45) is 15.0. The number of carbonyl (C=O) groups excluding carboxylic acids is 1. The van der Waals surface area contributed by atoms with Crippen LogP contribution in [-0.2, 0) is 38.3 Å². The summed E-state index contributed by atoms with van der Waals surface area (Å²) in [7, 11) is 0. The average molecular weight is 855 g/mol. The van der Waals surface area contributed by atoms with Gasteiger partial charge in [0.05, 0.1) is 33.0 Å². The van der Waals surface area contributed by atoms with Gasteiger partial charge in [0.1, 0.15) is 17.7 Å². The number of esters is 1. The Balaban J connectivity index is 1.43. The Morgan fingerprint density at radius 1 is 0.790 bits per heavy atom. The van der Waals surface area contributed by atoms with Gasteiger partial charge < -0.3 is 29.2 Å². The number of hydrogen-bond acceptors (Lipinski definition) is 7. The minimum absolute atomic E-state index is 0.0593. The van der Waals surface area contributed by atoms with Crippen molar-refractivity contribution in [3.8, 4) is 28.0 Å². The topological polar surface area (TPSA) is 97.8 Å². The number of aliphatic hydroxyl groups is 2. The van der Waals surface area contributed by atoms with Crippen molar-refractivity contribution >= 4 is 5.97 Å². The molecule has 62 heavy (non-hydrogen) atoms. The molecule has 1 aliphatic carbocycles. The van der Waals surface area contributed by atoms with E-state index in [4.69, 9.17) is 18.9 Å². The van der Waals surface area contributed by atoms with Gasteiger partial charge in [-0.25, -0.2) is 9.18 Å². The molecule has 2 fully saturated rings. The summed E-state index contributed by atoms with van der Waals surface area (Å²) in [5.74, 6) is 1.43. The number of carbonyl (C=O) groups is 1. The lowest BCUT2D eigenvalue weighted by Gasteiger charge is -2.30. The molecule has 1 saturated carbocycles. The lowest BCUT2D eigenvalue weighted by Crippen LogP contribution is -2.31. The van der Waals surface area contributed by atoms with Gasteiger partial charge in [-0.2, -0.15) is 0 Å². The maximum Gasteiger partial charge on any atom is 0.333 e. The Morgan fingerprint density at radius 2 is 1.47 bits per heavy atom. The fourth-order valence-electron chi connectivity index (χ4n) is 9.27. The summed E-state index contributed by atoms with van der Waals surface area (Å²) in [6, 6.07) is 16.6. The number of rotatable bonds is 27. The van der Waals surface area contributed by atoms with Crippen LogP contribution in [0.15, 0.2) is 72.8 Å². The highest BCUT2D eigenvalue weighted by Crippen LogP contribution is 2.41. The first kappa shape index (κ1) is 49.2. The maximum absolute atomic E-state index is 16.1. The van der Waals surface area contributed by atoms with E-state index in [1.54, 1.807) is 13.0 Å². The highest BCUT2D eigenvalue weighted by molar-refractivity contribution is 5.86. The molecule has 2 aliphatic rings. The third-order valence-corrected chi connectivity index (χ3v) is 13.2. The average Bonchev–Trinajstić information content (AvgIpc) is 4.07. The Kier molecular flexibility index (Phi) is 19.3. The van der Waals surface area contributed by atoms with Crippen molar-refractivity contribution in [2.24, 2.45) is 11.3 Å². The first-order valence-corrected chi connectivity index (χ1v) is 23.6. The molecule has 2 N–H and O–H groups in total. The van der Waals surface area contributed by atoms with Gasteiger partial charge in [0.2, 0.25) is 0 Å². The molecule has 0 aromatic heterocycles. The van der Waals surface area contributed by atoms with Crippen molar-refractivity contribution in [2.45, 2.75) is 156 Å². The SMILES string of the molecule is C=C(C)C(=O)OCCCc1cc(-c2ccc(-c3ccc(C4CCC(CCCCC)CC4)cc3F)cc2CC)cc(CCCOC2OC2C(=C)C)c1OCCC(CO)(CO)CCC. The lowest BCUT2D eigenvalue weighted by molar-refractivity contribution is -0.139. The molecule has 2 unspecified atom stereocenters. The quantitative estimate of drug-likeness (QED) is 0.0259. The van der Waals surface area contributed by atoms with Gasteiger partial charge in [0.25, 0.3) is 0 Å². The van der Waals surface area contributed by atoms with Crippen LogP contribution in [0.3, 0.4) is 0 Å². The highest BCUT2D eigenvalue weighted by atomic mass is 19.1. The van der Waals surface area contributed by atoms with Crippen LogP contribution in [0.4, 0.5) is 4.39 Å². The minimum atomic E-state index is -0.631. The van der Waals surface area contributed by atoms with E-state index in [0.717, 1.165) is 88.3 Å². The van der Waals surface area contributed by atoms with Crippen molar-refractivity contribution in [1.29, 1.82) is 0 Å². The van der Waals surface area contributed by atoms with Crippen LogP contribution < -0.4 is 4.74 Å². The molecule has 1 saturated heterocycles. The fraction of sp³-hybridized carbons (Fsp3) is 0.574. The molecular weight excluding hydrogens is 780 g/mol. The molecule has 0 bridgehead atoms. The first-order chi connectivity index (χ1) is 30.0. The maximum atomic E-state index is 16.1. The minimum Gasteiger partial charge on any atom is -0.493 e. The first-order valence-electron chi connectivity index (χ1n) is 23.6. The van der Waals surface area contributed by atoms with E-state index in [1.165, 1.54) is 38.5 Å². The van der Waals surface area contributed by atoms with Gasteiger partial charge in [-0.05, 0) is 159 Å². The number of ether oxygens (including phenoxy) is 4. The molecule has 0 radical (unpaired) electrons. The second-order valence-corrected chi connectivity index (χ2v) is 18.2. The Bertz CT molecular complexity index is 1920. The number of halogens is 1. The number of epoxide rings is 1. The molecule has 8 heteroatoms. The van der Waals surface area contributed by atoms with Gasteiger partial charge in [-0.3, -0.25) is 0 Å². The molecule has 0 amide bonds. The second kappa shape index (κ2) is 24.3. The zero-order chi connectivity index (χ0) is 44.6. The fourth-order valence-corrected chi connectivity index (χ4v) is 9.27. The van der Waals surface area contributed by atoms with Crippen LogP contribution in [-0.4, -0.2) is 61.6 Å². The van der Waals surface area contributed by atoms with Crippen molar-refractivity contribution in [3.05, 3.63) is 101 Å². The van der Waals surface area contributed by atoms with Crippen LogP contribution in [0.1, 0.15) is 146 Å². The molecule has 3 aromatic rings. The van der Waals surface area contributed by atoms with Crippen molar-refractivity contribution < 1.29 is 38.3 Å². The van der Waals surface area contributed by atoms with Crippen LogP contribution in [0.5, 0.6) is 5.75 Å². The third-order valence-electron chi connectivity index (χ3n) is 13.2. The standard InChI is InChI=1S/C54H75FO7/c1-8-11-12-15-39-18-20-41(21-19-39)42-22-25-48(49(55)34-42)43-23-24-47(40(10-3)31-43)46-32-44(16-13-28-60-52(58)38(6)7)51(59-30-27-54(35-56,36-57)26-9-2)45(33-46)17-14-29-61-53-50(62-53)37(4)5/h22-25,31-34,39,41,50,53,56-57H,4,6,8-21,26-30,35-36H2,1-3,5,7H3. The molecule has 340 valence electrons. The molecule has 1 heterocycles. The Morgan fingerprint density at radius 3 is 2.06 bits per heavy atom. The summed E-state index contributed by atoms with van der Waals surface area (Å²) in [5.41, 5.74) is 8.50. The number of hydrogen-bond donors (Lipinski definition) is 2. The van der Waals surface area contributed by atoms with E-state index in [-0.39, 0.29) is 38.0 Å². The van der Waals surface area contributed by atoms with E-state index in [0.29, 0.717) is 62.4 Å². The van der Waals surface area contributed by atoms with E-state index >= 15 is 4.39 Å². The molecular formula is C54H75FO7. The zero-order valence-corrected chi connectivity index (χ0v) is 38.5. The van der Waals surface area contributed by atoms with Gasteiger partial charge >= 0.3 is 5.97 Å². The molecule has 5 rings (SSSR count). The van der Waals surface area contributed by atoms with Crippen molar-refractivity contribution in [1.82, 2.24) is 0 Å². The highest BCUT2D eigenvalue weighted by Gasteiger charge is 2.40. The second-order valence-electron chi connectivity index (χ2n) is 18.2. The van der Waals surface area contributed by atoms with Crippen LogP contribution in [0, 0.1) is 17.2 Å². The molecule has 0 spiro atoms. The van der Waals surface area contributed by atoms with Crippen LogP contribution >= 0.6 is 0 Å². The number of aryl methyl sites for hydroxylation is 3. The molecule has 3 aromatic carbocycles. The predicted molar refractivity (Wildman–Crippen MR) is 249 cm³/mol. The predicted octanol–water partition coefficient (Wildman–Crippen LogP) is 12.4. The Labute approximate surface area is 372 Å². The van der Waals surface area contributed by atoms with Crippen LogP contribution in [0.25, 0.3) is 22.3 Å². The largest absolute Gasteiger partial charge is 0.493 e. The number of benzene rings is 3. The third kappa shape index (κ3) is 13.6. The summed E-state index contributed by atoms with van der Waals surface area (Å²) in [4.78, 5) is 12.2. The number of aliphatic hydroxyl groups excluding tert-OH is 2. The van der Waals surface area contributed by atoms with Gasteiger partial charge in [0, 0.05) is 16.6 Å². The summed E-state index contributed by atoms with van der Waals surface area (Å²) in [6.45, 7) is 18.5. The van der Waals surface area contributed by atoms with E-state index < -0.39 is 11.4 Å². The van der Waals surface area contributed by atoms with E-state index in [9.17, 15) is 15.0 Å². The van der Waals surface area contributed by atoms with Gasteiger partial charge in [-0.15, -0.1) is 0 Å². The smallest absolute Gasteiger partial charge is 0.333 e. The monoisotopic (exact) mass is 855 g/mol. The molecule has 2 atom stereocenters. The van der Waals surface area contributed by atoms with E-state index in [1.807, 2.05) is 19.1 Å². The number of unbranched alkanes of at least 4 members (excludes halogenated alkanes) is 2. The van der Waals surface area contributed by atoms with Gasteiger partial charge in [-0.1, -0.05) is 96.4 Å². The van der Waals surface area contributed by atoms with Crippen molar-refractivity contribution in [3.63, 3.8) is 0 Å². The normalized spacial score (nSPS) is 18.7. The van der Waals surface area contributed by atoms with E-state index in [2.05, 4.69) is 64.3 Å². The lowest BCUT2D eigenvalue weighted by atomic mass is 9.77.